The first-order valence-electron chi connectivity index (χ1n) is 7.95. The summed E-state index contributed by atoms with van der Waals surface area (Å²) in [7, 11) is 1.56. The van der Waals surface area contributed by atoms with Crippen molar-refractivity contribution in [3.05, 3.63) is 58.8 Å². The van der Waals surface area contributed by atoms with Crippen LogP contribution in [0.2, 0.25) is 0 Å². The summed E-state index contributed by atoms with van der Waals surface area (Å²) in [5, 5.41) is 2.98. The van der Waals surface area contributed by atoms with E-state index in [9.17, 15) is 9.18 Å². The summed E-state index contributed by atoms with van der Waals surface area (Å²) in [5.41, 5.74) is 0.967. The van der Waals surface area contributed by atoms with Crippen LogP contribution in [0, 0.1) is 5.82 Å². The number of carbonyl (C=O) groups excluding carboxylic acids is 1. The number of amides is 1. The number of benzene rings is 2. The molecule has 2 aromatic rings. The number of hydrogen-bond acceptors (Lipinski definition) is 5. The SMILES string of the molecule is CCOc1ccc(/C=C2\SC(=Nc3ccccc3F)NC2=O)cc1OC. The molecule has 7 heteroatoms. The Bertz CT molecular complexity index is 896. The van der Waals surface area contributed by atoms with Crippen LogP contribution in [0.15, 0.2) is 52.4 Å². The fraction of sp³-hybridized carbons (Fsp3) is 0.158. The average molecular weight is 372 g/mol. The predicted molar refractivity (Wildman–Crippen MR) is 101 cm³/mol. The second-order valence-corrected chi connectivity index (χ2v) is 6.31. The Kier molecular flexibility index (Phi) is 5.58. The molecule has 0 unspecified atom stereocenters. The molecule has 1 fully saturated rings. The van der Waals surface area contributed by atoms with E-state index in [2.05, 4.69) is 10.3 Å². The molecule has 0 spiro atoms. The Balaban J connectivity index is 1.84. The molecule has 0 radical (unpaired) electrons. The number of aliphatic imine (C=N–C) groups is 1. The van der Waals surface area contributed by atoms with Gasteiger partial charge in [-0.3, -0.25) is 4.79 Å². The number of thioether (sulfide) groups is 1. The number of para-hydroxylation sites is 1. The van der Waals surface area contributed by atoms with Gasteiger partial charge < -0.3 is 14.8 Å². The molecule has 1 aliphatic rings. The highest BCUT2D eigenvalue weighted by Crippen LogP contribution is 2.32. The predicted octanol–water partition coefficient (Wildman–Crippen LogP) is 4.12. The molecule has 0 aromatic heterocycles. The van der Waals surface area contributed by atoms with Crippen LogP contribution in [-0.4, -0.2) is 24.8 Å². The van der Waals surface area contributed by atoms with E-state index in [1.165, 1.54) is 6.07 Å². The standard InChI is InChI=1S/C19H17FN2O3S/c1-3-25-15-9-8-12(10-16(15)24-2)11-17-18(23)22-19(26-17)21-14-7-5-4-6-13(14)20/h4-11H,3H2,1-2H3,(H,21,22,23)/b17-11-. The molecule has 5 nitrogen and oxygen atoms in total. The van der Waals surface area contributed by atoms with Crippen molar-refractivity contribution in [2.75, 3.05) is 13.7 Å². The van der Waals surface area contributed by atoms with Crippen LogP contribution in [0.25, 0.3) is 6.08 Å². The van der Waals surface area contributed by atoms with Crippen LogP contribution in [0.1, 0.15) is 12.5 Å². The number of carbonyl (C=O) groups is 1. The van der Waals surface area contributed by atoms with Crippen molar-refractivity contribution in [1.82, 2.24) is 5.32 Å². The first-order chi connectivity index (χ1) is 12.6. The second-order valence-electron chi connectivity index (χ2n) is 5.28. The largest absolute Gasteiger partial charge is 0.493 e. The van der Waals surface area contributed by atoms with Crippen LogP contribution in [0.5, 0.6) is 11.5 Å². The molecule has 26 heavy (non-hydrogen) atoms. The number of rotatable bonds is 5. The summed E-state index contributed by atoms with van der Waals surface area (Å²) < 4.78 is 24.5. The molecular formula is C19H17FN2O3S. The van der Waals surface area contributed by atoms with E-state index in [4.69, 9.17) is 9.47 Å². The number of nitrogens with one attached hydrogen (secondary N) is 1. The second kappa shape index (κ2) is 8.05. The average Bonchev–Trinajstić information content (AvgIpc) is 2.97. The molecule has 0 saturated carbocycles. The fourth-order valence-electron chi connectivity index (χ4n) is 2.33. The molecule has 0 atom stereocenters. The highest BCUT2D eigenvalue weighted by Gasteiger charge is 2.24. The molecule has 2 aromatic carbocycles. The Morgan fingerprint density at radius 3 is 2.77 bits per heavy atom. The number of nitrogens with zero attached hydrogens (tertiary/aromatic N) is 1. The zero-order valence-corrected chi connectivity index (χ0v) is 15.1. The number of amidine groups is 1. The van der Waals surface area contributed by atoms with Crippen molar-refractivity contribution in [3.63, 3.8) is 0 Å². The molecule has 1 saturated heterocycles. The lowest BCUT2D eigenvalue weighted by molar-refractivity contribution is -0.115. The number of methoxy groups -OCH3 is 1. The maximum atomic E-state index is 13.7. The summed E-state index contributed by atoms with van der Waals surface area (Å²) in [6.45, 7) is 2.43. The van der Waals surface area contributed by atoms with Crippen LogP contribution in [-0.2, 0) is 4.79 Å². The van der Waals surface area contributed by atoms with E-state index >= 15 is 0 Å². The van der Waals surface area contributed by atoms with E-state index < -0.39 is 5.82 Å². The van der Waals surface area contributed by atoms with Gasteiger partial charge in [-0.05, 0) is 54.6 Å². The van der Waals surface area contributed by atoms with Gasteiger partial charge in [0, 0.05) is 0 Å². The van der Waals surface area contributed by atoms with Crippen LogP contribution in [0.3, 0.4) is 0 Å². The Labute approximate surface area is 154 Å². The van der Waals surface area contributed by atoms with Gasteiger partial charge in [0.05, 0.1) is 18.6 Å². The summed E-state index contributed by atoms with van der Waals surface area (Å²) in [4.78, 5) is 16.8. The molecule has 3 rings (SSSR count). The number of ether oxygens (including phenoxy) is 2. The molecule has 134 valence electrons. The van der Waals surface area contributed by atoms with Gasteiger partial charge in [0.1, 0.15) is 11.5 Å². The topological polar surface area (TPSA) is 59.9 Å². The van der Waals surface area contributed by atoms with E-state index in [-0.39, 0.29) is 11.6 Å². The summed E-state index contributed by atoms with van der Waals surface area (Å²) >= 11 is 1.16. The molecule has 1 N–H and O–H groups in total. The highest BCUT2D eigenvalue weighted by atomic mass is 32.2. The first kappa shape index (κ1) is 18.0. The van der Waals surface area contributed by atoms with Gasteiger partial charge in [-0.2, -0.15) is 0 Å². The van der Waals surface area contributed by atoms with Gasteiger partial charge >= 0.3 is 0 Å². The monoisotopic (exact) mass is 372 g/mol. The van der Waals surface area contributed by atoms with Gasteiger partial charge in [-0.15, -0.1) is 0 Å². The minimum absolute atomic E-state index is 0.180. The van der Waals surface area contributed by atoms with Crippen molar-refractivity contribution in [3.8, 4) is 11.5 Å². The summed E-state index contributed by atoms with van der Waals surface area (Å²) in [6, 6.07) is 11.6. The van der Waals surface area contributed by atoms with Gasteiger partial charge in [0.15, 0.2) is 16.7 Å². The Morgan fingerprint density at radius 2 is 2.04 bits per heavy atom. The van der Waals surface area contributed by atoms with Crippen LogP contribution < -0.4 is 14.8 Å². The smallest absolute Gasteiger partial charge is 0.264 e. The lowest BCUT2D eigenvalue weighted by Crippen LogP contribution is -2.19. The maximum absolute atomic E-state index is 13.7. The van der Waals surface area contributed by atoms with Crippen molar-refractivity contribution in [1.29, 1.82) is 0 Å². The van der Waals surface area contributed by atoms with Gasteiger partial charge in [-0.1, -0.05) is 18.2 Å². The quantitative estimate of drug-likeness (QED) is 0.802. The van der Waals surface area contributed by atoms with E-state index in [1.54, 1.807) is 43.5 Å². The number of halogens is 1. The molecular weight excluding hydrogens is 355 g/mol. The molecule has 1 amide bonds. The van der Waals surface area contributed by atoms with Gasteiger partial charge in [0.2, 0.25) is 0 Å². The molecule has 0 aliphatic carbocycles. The Morgan fingerprint density at radius 1 is 1.23 bits per heavy atom. The zero-order chi connectivity index (χ0) is 18.5. The normalized spacial score (nSPS) is 16.8. The molecule has 1 aliphatic heterocycles. The minimum atomic E-state index is -0.441. The van der Waals surface area contributed by atoms with E-state index in [0.717, 1.165) is 17.3 Å². The van der Waals surface area contributed by atoms with E-state index in [0.29, 0.717) is 28.2 Å². The highest BCUT2D eigenvalue weighted by molar-refractivity contribution is 8.18. The van der Waals surface area contributed by atoms with Crippen LogP contribution >= 0.6 is 11.8 Å². The third-order valence-electron chi connectivity index (χ3n) is 3.51. The minimum Gasteiger partial charge on any atom is -0.493 e. The van der Waals surface area contributed by atoms with Gasteiger partial charge in [-0.25, -0.2) is 9.38 Å². The lowest BCUT2D eigenvalue weighted by Gasteiger charge is -2.09. The molecule has 1 heterocycles. The maximum Gasteiger partial charge on any atom is 0.264 e. The van der Waals surface area contributed by atoms with Crippen molar-refractivity contribution in [2.24, 2.45) is 4.99 Å². The van der Waals surface area contributed by atoms with Crippen molar-refractivity contribution < 1.29 is 18.7 Å². The number of hydrogen-bond donors (Lipinski definition) is 1. The summed E-state index contributed by atoms with van der Waals surface area (Å²) in [6.07, 6.45) is 1.72. The fourth-order valence-corrected chi connectivity index (χ4v) is 3.17. The van der Waals surface area contributed by atoms with E-state index in [1.807, 2.05) is 13.0 Å². The summed E-state index contributed by atoms with van der Waals surface area (Å²) in [5.74, 6) is 0.508. The Hall–Kier alpha value is -2.80. The van der Waals surface area contributed by atoms with Crippen molar-refractivity contribution >= 4 is 34.6 Å². The molecule has 0 bridgehead atoms. The lowest BCUT2D eigenvalue weighted by atomic mass is 10.2. The first-order valence-corrected chi connectivity index (χ1v) is 8.77. The third kappa shape index (κ3) is 4.05. The van der Waals surface area contributed by atoms with Gasteiger partial charge in [0.25, 0.3) is 5.91 Å². The van der Waals surface area contributed by atoms with Crippen LogP contribution in [0.4, 0.5) is 10.1 Å². The zero-order valence-electron chi connectivity index (χ0n) is 14.3. The van der Waals surface area contributed by atoms with Crippen molar-refractivity contribution in [2.45, 2.75) is 6.92 Å². The third-order valence-corrected chi connectivity index (χ3v) is 4.42.